The average Bonchev–Trinajstić information content (AvgIpc) is 2.47. The Balaban J connectivity index is 1.74. The number of hydrogen-bond acceptors (Lipinski definition) is 2. The minimum Gasteiger partial charge on any atom is -0.329 e. The van der Waals surface area contributed by atoms with Gasteiger partial charge in [-0.15, -0.1) is 0 Å². The first kappa shape index (κ1) is 15.3. The number of nitrogens with zero attached hydrogens (tertiary/aromatic N) is 1. The highest BCUT2D eigenvalue weighted by molar-refractivity contribution is 4.79. The van der Waals surface area contributed by atoms with Crippen molar-refractivity contribution in [2.75, 3.05) is 20.1 Å². The highest BCUT2D eigenvalue weighted by Crippen LogP contribution is 2.29. The first-order chi connectivity index (χ1) is 9.29. The Kier molecular flexibility index (Phi) is 6.66. The van der Waals surface area contributed by atoms with Crippen molar-refractivity contribution in [2.45, 2.75) is 76.7 Å². The molecular weight excluding hydrogens is 232 g/mol. The number of rotatable bonds is 6. The lowest BCUT2D eigenvalue weighted by Crippen LogP contribution is -2.42. The van der Waals surface area contributed by atoms with Gasteiger partial charge in [-0.1, -0.05) is 51.4 Å². The Hall–Kier alpha value is -0.0800. The molecule has 0 bridgehead atoms. The zero-order chi connectivity index (χ0) is 13.5. The standard InChI is InChI=1S/C17H34N2/c1-19(14-16-10-6-3-7-11-16)17(13-18)12-15-8-4-2-5-9-15/h15-17H,2-14,18H2,1H3. The van der Waals surface area contributed by atoms with Gasteiger partial charge in [-0.3, -0.25) is 0 Å². The molecule has 2 rings (SSSR count). The summed E-state index contributed by atoms with van der Waals surface area (Å²) in [5.41, 5.74) is 6.05. The van der Waals surface area contributed by atoms with Crippen LogP contribution in [-0.4, -0.2) is 31.1 Å². The van der Waals surface area contributed by atoms with Crippen LogP contribution < -0.4 is 5.73 Å². The quantitative estimate of drug-likeness (QED) is 0.792. The Morgan fingerprint density at radius 2 is 1.42 bits per heavy atom. The highest BCUT2D eigenvalue weighted by atomic mass is 15.1. The van der Waals surface area contributed by atoms with Crippen molar-refractivity contribution in [3.05, 3.63) is 0 Å². The van der Waals surface area contributed by atoms with Crippen LogP contribution in [0.2, 0.25) is 0 Å². The van der Waals surface area contributed by atoms with E-state index in [2.05, 4.69) is 11.9 Å². The van der Waals surface area contributed by atoms with Gasteiger partial charge in [0, 0.05) is 19.1 Å². The van der Waals surface area contributed by atoms with Crippen LogP contribution in [0.25, 0.3) is 0 Å². The molecule has 0 spiro atoms. The van der Waals surface area contributed by atoms with Crippen LogP contribution in [0.4, 0.5) is 0 Å². The second-order valence-electron chi connectivity index (χ2n) is 7.07. The van der Waals surface area contributed by atoms with E-state index >= 15 is 0 Å². The summed E-state index contributed by atoms with van der Waals surface area (Å²) >= 11 is 0. The molecule has 0 aromatic carbocycles. The number of likely N-dealkylation sites (N-methyl/N-ethyl adjacent to an activating group) is 1. The summed E-state index contributed by atoms with van der Waals surface area (Å²) in [6.45, 7) is 2.13. The molecule has 2 fully saturated rings. The first-order valence-electron chi connectivity index (χ1n) is 8.70. The molecule has 19 heavy (non-hydrogen) atoms. The molecule has 0 aromatic rings. The Morgan fingerprint density at radius 1 is 0.895 bits per heavy atom. The Bertz CT molecular complexity index is 229. The summed E-state index contributed by atoms with van der Waals surface area (Å²) in [7, 11) is 2.31. The fourth-order valence-electron chi connectivity index (χ4n) is 4.19. The van der Waals surface area contributed by atoms with Crippen molar-refractivity contribution < 1.29 is 0 Å². The summed E-state index contributed by atoms with van der Waals surface area (Å²) in [6.07, 6.45) is 15.9. The zero-order valence-electron chi connectivity index (χ0n) is 12.9. The van der Waals surface area contributed by atoms with Crippen LogP contribution >= 0.6 is 0 Å². The predicted octanol–water partition coefficient (Wildman–Crippen LogP) is 3.80. The third-order valence-electron chi connectivity index (χ3n) is 5.50. The van der Waals surface area contributed by atoms with Crippen LogP contribution in [0.15, 0.2) is 0 Å². The van der Waals surface area contributed by atoms with Crippen LogP contribution in [0.1, 0.15) is 70.6 Å². The second-order valence-corrected chi connectivity index (χ2v) is 7.07. The van der Waals surface area contributed by atoms with Crippen molar-refractivity contribution in [3.8, 4) is 0 Å². The smallest absolute Gasteiger partial charge is 0.0218 e. The largest absolute Gasteiger partial charge is 0.329 e. The molecule has 2 N–H and O–H groups in total. The third kappa shape index (κ3) is 5.07. The second kappa shape index (κ2) is 8.26. The molecule has 2 aliphatic rings. The summed E-state index contributed by atoms with van der Waals surface area (Å²) in [5.74, 6) is 1.90. The summed E-state index contributed by atoms with van der Waals surface area (Å²) in [6, 6.07) is 0.630. The van der Waals surface area contributed by atoms with Crippen molar-refractivity contribution >= 4 is 0 Å². The van der Waals surface area contributed by atoms with Crippen molar-refractivity contribution in [3.63, 3.8) is 0 Å². The van der Waals surface area contributed by atoms with Gasteiger partial charge in [-0.05, 0) is 38.1 Å². The van der Waals surface area contributed by atoms with E-state index in [1.165, 1.54) is 77.2 Å². The van der Waals surface area contributed by atoms with Crippen molar-refractivity contribution in [2.24, 2.45) is 17.6 Å². The van der Waals surface area contributed by atoms with Gasteiger partial charge in [-0.2, -0.15) is 0 Å². The van der Waals surface area contributed by atoms with Gasteiger partial charge in [0.15, 0.2) is 0 Å². The van der Waals surface area contributed by atoms with E-state index in [1.807, 2.05) is 0 Å². The molecule has 2 heteroatoms. The lowest BCUT2D eigenvalue weighted by molar-refractivity contribution is 0.154. The minimum atomic E-state index is 0.630. The van der Waals surface area contributed by atoms with Crippen LogP contribution in [-0.2, 0) is 0 Å². The molecule has 112 valence electrons. The molecule has 2 aliphatic carbocycles. The van der Waals surface area contributed by atoms with E-state index in [1.54, 1.807) is 0 Å². The molecule has 2 nitrogen and oxygen atoms in total. The van der Waals surface area contributed by atoms with Gasteiger partial charge >= 0.3 is 0 Å². The van der Waals surface area contributed by atoms with Crippen molar-refractivity contribution in [1.29, 1.82) is 0 Å². The average molecular weight is 266 g/mol. The predicted molar refractivity (Wildman–Crippen MR) is 83.2 cm³/mol. The highest BCUT2D eigenvalue weighted by Gasteiger charge is 2.23. The molecule has 1 atom stereocenters. The van der Waals surface area contributed by atoms with Gasteiger partial charge in [0.1, 0.15) is 0 Å². The topological polar surface area (TPSA) is 29.3 Å². The van der Waals surface area contributed by atoms with E-state index in [9.17, 15) is 0 Å². The fraction of sp³-hybridized carbons (Fsp3) is 1.00. The maximum Gasteiger partial charge on any atom is 0.0218 e. The molecule has 2 saturated carbocycles. The SMILES string of the molecule is CN(CC1CCCCC1)C(CN)CC1CCCCC1. The van der Waals surface area contributed by atoms with Gasteiger partial charge in [-0.25, -0.2) is 0 Å². The molecule has 0 aliphatic heterocycles. The number of nitrogens with two attached hydrogens (primary N) is 1. The van der Waals surface area contributed by atoms with Crippen molar-refractivity contribution in [1.82, 2.24) is 4.90 Å². The van der Waals surface area contributed by atoms with Crippen LogP contribution in [0, 0.1) is 11.8 Å². The molecule has 0 amide bonds. The molecule has 0 saturated heterocycles. The monoisotopic (exact) mass is 266 g/mol. The lowest BCUT2D eigenvalue weighted by atomic mass is 9.84. The molecular formula is C17H34N2. The molecule has 1 unspecified atom stereocenters. The maximum atomic E-state index is 6.05. The molecule has 0 aromatic heterocycles. The summed E-state index contributed by atoms with van der Waals surface area (Å²) in [5, 5.41) is 0. The van der Waals surface area contributed by atoms with E-state index in [0.717, 1.165) is 18.4 Å². The zero-order valence-corrected chi connectivity index (χ0v) is 12.9. The Morgan fingerprint density at radius 3 is 1.95 bits per heavy atom. The third-order valence-corrected chi connectivity index (χ3v) is 5.50. The number of hydrogen-bond donors (Lipinski definition) is 1. The molecule has 0 radical (unpaired) electrons. The van der Waals surface area contributed by atoms with E-state index in [-0.39, 0.29) is 0 Å². The van der Waals surface area contributed by atoms with E-state index in [0.29, 0.717) is 6.04 Å². The van der Waals surface area contributed by atoms with Gasteiger partial charge in [0.25, 0.3) is 0 Å². The molecule has 0 heterocycles. The van der Waals surface area contributed by atoms with E-state index in [4.69, 9.17) is 5.73 Å². The van der Waals surface area contributed by atoms with E-state index < -0.39 is 0 Å². The fourth-order valence-corrected chi connectivity index (χ4v) is 4.19. The lowest BCUT2D eigenvalue weighted by Gasteiger charge is -2.35. The van der Waals surface area contributed by atoms with Gasteiger partial charge in [0.2, 0.25) is 0 Å². The van der Waals surface area contributed by atoms with Gasteiger partial charge < -0.3 is 10.6 Å². The normalized spacial score (nSPS) is 24.8. The van der Waals surface area contributed by atoms with Crippen LogP contribution in [0.3, 0.4) is 0 Å². The minimum absolute atomic E-state index is 0.630. The summed E-state index contributed by atoms with van der Waals surface area (Å²) < 4.78 is 0. The van der Waals surface area contributed by atoms with Crippen LogP contribution in [0.5, 0.6) is 0 Å². The first-order valence-corrected chi connectivity index (χ1v) is 8.70. The van der Waals surface area contributed by atoms with Gasteiger partial charge in [0.05, 0.1) is 0 Å². The Labute approximate surface area is 120 Å². The maximum absolute atomic E-state index is 6.05. The summed E-state index contributed by atoms with van der Waals surface area (Å²) in [4.78, 5) is 2.59.